The van der Waals surface area contributed by atoms with Crippen LogP contribution in [0.3, 0.4) is 0 Å². The molecule has 3 heteroatoms. The van der Waals surface area contributed by atoms with E-state index in [2.05, 4.69) is 35.9 Å². The third kappa shape index (κ3) is 1.28. The first-order valence-electron chi connectivity index (χ1n) is 5.48. The first-order chi connectivity index (χ1) is 7.75. The molecule has 0 aliphatic heterocycles. The molecule has 80 valence electrons. The van der Waals surface area contributed by atoms with Crippen molar-refractivity contribution in [2.75, 3.05) is 0 Å². The Balaban J connectivity index is 2.37. The van der Waals surface area contributed by atoms with E-state index in [1.807, 2.05) is 22.7 Å². The predicted octanol–water partition coefficient (Wildman–Crippen LogP) is 3.01. The Morgan fingerprint density at radius 1 is 1.25 bits per heavy atom. The molecule has 0 aromatic carbocycles. The molecule has 0 saturated heterocycles. The zero-order valence-corrected chi connectivity index (χ0v) is 9.38. The molecule has 3 aromatic heterocycles. The van der Waals surface area contributed by atoms with Crippen LogP contribution in [0.2, 0.25) is 0 Å². The van der Waals surface area contributed by atoms with Crippen molar-refractivity contribution in [1.29, 1.82) is 0 Å². The van der Waals surface area contributed by atoms with Crippen LogP contribution < -0.4 is 0 Å². The van der Waals surface area contributed by atoms with Gasteiger partial charge in [0.1, 0.15) is 11.2 Å². The molecule has 0 aliphatic carbocycles. The summed E-state index contributed by atoms with van der Waals surface area (Å²) < 4.78 is 2.03. The Bertz CT molecular complexity index is 652. The number of hydrogen-bond donors (Lipinski definition) is 0. The summed E-state index contributed by atoms with van der Waals surface area (Å²) in [4.78, 5) is 8.90. The Labute approximate surface area is 93.8 Å². The fourth-order valence-electron chi connectivity index (χ4n) is 1.91. The topological polar surface area (TPSA) is 30.2 Å². The Morgan fingerprint density at radius 3 is 2.94 bits per heavy atom. The molecule has 0 bridgehead atoms. The van der Waals surface area contributed by atoms with Crippen LogP contribution in [0.4, 0.5) is 0 Å². The highest BCUT2D eigenvalue weighted by Gasteiger charge is 2.06. The summed E-state index contributed by atoms with van der Waals surface area (Å²) in [6.07, 6.45) is 3.85. The second-order valence-electron chi connectivity index (χ2n) is 4.30. The minimum atomic E-state index is 0.526. The van der Waals surface area contributed by atoms with E-state index in [0.717, 1.165) is 16.8 Å². The number of hydrogen-bond acceptors (Lipinski definition) is 2. The maximum absolute atomic E-state index is 4.56. The van der Waals surface area contributed by atoms with Crippen LogP contribution in [0.15, 0.2) is 36.7 Å². The van der Waals surface area contributed by atoms with Gasteiger partial charge in [-0.3, -0.25) is 4.40 Å². The third-order valence-corrected chi connectivity index (χ3v) is 2.85. The third-order valence-electron chi connectivity index (χ3n) is 2.85. The van der Waals surface area contributed by atoms with E-state index < -0.39 is 0 Å². The van der Waals surface area contributed by atoms with Crippen molar-refractivity contribution in [2.24, 2.45) is 0 Å². The lowest BCUT2D eigenvalue weighted by molar-refractivity contribution is 0.863. The van der Waals surface area contributed by atoms with Gasteiger partial charge in [0, 0.05) is 12.4 Å². The van der Waals surface area contributed by atoms with Gasteiger partial charge in [-0.1, -0.05) is 13.8 Å². The van der Waals surface area contributed by atoms with Gasteiger partial charge >= 0.3 is 0 Å². The van der Waals surface area contributed by atoms with Gasteiger partial charge in [-0.25, -0.2) is 9.97 Å². The molecule has 0 aliphatic rings. The molecular weight excluding hydrogens is 198 g/mol. The van der Waals surface area contributed by atoms with Crippen molar-refractivity contribution >= 4 is 16.8 Å². The number of fused-ring (bicyclic) bond motifs is 3. The van der Waals surface area contributed by atoms with Crippen molar-refractivity contribution in [1.82, 2.24) is 14.4 Å². The normalized spacial score (nSPS) is 11.7. The van der Waals surface area contributed by atoms with E-state index in [9.17, 15) is 0 Å². The Hall–Kier alpha value is -1.90. The van der Waals surface area contributed by atoms with Gasteiger partial charge in [-0.15, -0.1) is 0 Å². The molecule has 0 radical (unpaired) electrons. The summed E-state index contributed by atoms with van der Waals surface area (Å²) in [7, 11) is 0. The highest BCUT2D eigenvalue weighted by atomic mass is 15.1. The number of aromatic nitrogens is 3. The number of rotatable bonds is 1. The summed E-state index contributed by atoms with van der Waals surface area (Å²) in [6, 6.07) is 8.17. The zero-order chi connectivity index (χ0) is 11.1. The summed E-state index contributed by atoms with van der Waals surface area (Å²) in [5.41, 5.74) is 4.15. The van der Waals surface area contributed by atoms with Gasteiger partial charge in [0.25, 0.3) is 0 Å². The van der Waals surface area contributed by atoms with Gasteiger partial charge in [-0.05, 0) is 35.7 Å². The lowest BCUT2D eigenvalue weighted by atomic mass is 10.1. The van der Waals surface area contributed by atoms with Crippen LogP contribution in [0.25, 0.3) is 16.8 Å². The van der Waals surface area contributed by atoms with Crippen LogP contribution in [-0.4, -0.2) is 14.4 Å². The molecule has 3 aromatic rings. The van der Waals surface area contributed by atoms with Crippen LogP contribution in [0.1, 0.15) is 25.3 Å². The predicted molar refractivity (Wildman–Crippen MR) is 64.6 cm³/mol. The molecule has 3 heterocycles. The molecule has 0 spiro atoms. The zero-order valence-electron chi connectivity index (χ0n) is 9.38. The average molecular weight is 211 g/mol. The minimum absolute atomic E-state index is 0.526. The fourth-order valence-corrected chi connectivity index (χ4v) is 1.91. The van der Waals surface area contributed by atoms with E-state index >= 15 is 0 Å². The maximum Gasteiger partial charge on any atom is 0.164 e. The first-order valence-corrected chi connectivity index (χ1v) is 5.48. The van der Waals surface area contributed by atoms with Gasteiger partial charge in [0.2, 0.25) is 0 Å². The van der Waals surface area contributed by atoms with Crippen LogP contribution in [0, 0.1) is 0 Å². The van der Waals surface area contributed by atoms with Crippen LogP contribution in [-0.2, 0) is 0 Å². The summed E-state index contributed by atoms with van der Waals surface area (Å²) in [6.45, 7) is 4.37. The number of nitrogens with zero attached hydrogens (tertiary/aromatic N) is 3. The molecule has 16 heavy (non-hydrogen) atoms. The maximum atomic E-state index is 4.56. The van der Waals surface area contributed by atoms with Crippen molar-refractivity contribution < 1.29 is 0 Å². The van der Waals surface area contributed by atoms with E-state index in [4.69, 9.17) is 0 Å². The molecule has 3 rings (SSSR count). The highest BCUT2D eigenvalue weighted by Crippen LogP contribution is 2.19. The lowest BCUT2D eigenvalue weighted by Gasteiger charge is -2.04. The smallest absolute Gasteiger partial charge is 0.164 e. The summed E-state index contributed by atoms with van der Waals surface area (Å²) in [5.74, 6) is 0.526. The van der Waals surface area contributed by atoms with Crippen LogP contribution in [0.5, 0.6) is 0 Å². The summed E-state index contributed by atoms with van der Waals surface area (Å²) >= 11 is 0. The molecule has 0 N–H and O–H groups in total. The van der Waals surface area contributed by atoms with Gasteiger partial charge < -0.3 is 0 Å². The number of pyridine rings is 2. The van der Waals surface area contributed by atoms with Gasteiger partial charge in [0.05, 0.1) is 0 Å². The first kappa shape index (κ1) is 9.33. The standard InChI is InChI=1S/C13H13N3/c1-9(2)10-5-7-16-12(8-10)15-11-4-3-6-14-13(11)16/h3-9H,1-2H3. The van der Waals surface area contributed by atoms with Crippen molar-refractivity contribution in [3.05, 3.63) is 42.2 Å². The molecule has 0 fully saturated rings. The van der Waals surface area contributed by atoms with E-state index in [1.54, 1.807) is 6.20 Å². The quantitative estimate of drug-likeness (QED) is 0.619. The lowest BCUT2D eigenvalue weighted by Crippen LogP contribution is -1.91. The molecule has 0 saturated carbocycles. The summed E-state index contributed by atoms with van der Waals surface area (Å²) in [5, 5.41) is 0. The second kappa shape index (κ2) is 3.30. The largest absolute Gasteiger partial charge is 0.284 e. The second-order valence-corrected chi connectivity index (χ2v) is 4.30. The van der Waals surface area contributed by atoms with Crippen LogP contribution >= 0.6 is 0 Å². The highest BCUT2D eigenvalue weighted by molar-refractivity contribution is 5.76. The molecule has 0 atom stereocenters. The fraction of sp³-hybridized carbons (Fsp3) is 0.231. The monoisotopic (exact) mass is 211 g/mol. The van der Waals surface area contributed by atoms with Crippen molar-refractivity contribution in [3.63, 3.8) is 0 Å². The molecule has 3 nitrogen and oxygen atoms in total. The number of imidazole rings is 1. The van der Waals surface area contributed by atoms with E-state index in [0.29, 0.717) is 5.92 Å². The van der Waals surface area contributed by atoms with Crippen molar-refractivity contribution in [2.45, 2.75) is 19.8 Å². The average Bonchev–Trinajstić information content (AvgIpc) is 2.66. The Morgan fingerprint density at radius 2 is 2.12 bits per heavy atom. The molecular formula is C13H13N3. The van der Waals surface area contributed by atoms with Crippen molar-refractivity contribution in [3.8, 4) is 0 Å². The van der Waals surface area contributed by atoms with E-state index in [1.165, 1.54) is 5.56 Å². The van der Waals surface area contributed by atoms with Gasteiger partial charge in [0.15, 0.2) is 5.65 Å². The SMILES string of the molecule is CC(C)c1ccn2c(c1)nc1cccnc12. The Kier molecular flexibility index (Phi) is 1.93. The molecule has 0 unspecified atom stereocenters. The van der Waals surface area contributed by atoms with Gasteiger partial charge in [-0.2, -0.15) is 0 Å². The minimum Gasteiger partial charge on any atom is -0.284 e. The molecule has 0 amide bonds. The van der Waals surface area contributed by atoms with E-state index in [-0.39, 0.29) is 0 Å².